The molecule has 2 aliphatic rings. The van der Waals surface area contributed by atoms with Crippen molar-refractivity contribution in [3.63, 3.8) is 0 Å². The van der Waals surface area contributed by atoms with E-state index in [0.717, 1.165) is 49.7 Å². The first-order chi connectivity index (χ1) is 15.9. The molecule has 0 unspecified atom stereocenters. The molecular weight excluding hydrogens is 440 g/mol. The summed E-state index contributed by atoms with van der Waals surface area (Å²) in [6, 6.07) is 14.0. The molecule has 0 radical (unpaired) electrons. The number of fused-ring (bicyclic) bond motifs is 1. The van der Waals surface area contributed by atoms with Gasteiger partial charge < -0.3 is 15.0 Å². The van der Waals surface area contributed by atoms with E-state index in [1.807, 2.05) is 30.3 Å². The number of rotatable bonds is 7. The van der Waals surface area contributed by atoms with Gasteiger partial charge in [-0.2, -0.15) is 0 Å². The number of para-hydroxylation sites is 1. The molecule has 5 rings (SSSR count). The van der Waals surface area contributed by atoms with Crippen molar-refractivity contribution in [2.45, 2.75) is 36.6 Å². The molecule has 1 amide bonds. The minimum absolute atomic E-state index is 0.0122. The van der Waals surface area contributed by atoms with E-state index in [1.54, 1.807) is 6.07 Å². The van der Waals surface area contributed by atoms with E-state index in [4.69, 9.17) is 9.72 Å². The van der Waals surface area contributed by atoms with Crippen molar-refractivity contribution in [3.05, 3.63) is 54.1 Å². The molecule has 2 N–H and O–H groups in total. The molecule has 2 aromatic carbocycles. The van der Waals surface area contributed by atoms with E-state index in [9.17, 15) is 13.2 Å². The number of nitrogens with one attached hydrogen (secondary N) is 2. The third-order valence-corrected chi connectivity index (χ3v) is 7.50. The van der Waals surface area contributed by atoms with Crippen molar-refractivity contribution >= 4 is 38.3 Å². The molecule has 2 fully saturated rings. The number of aromatic nitrogens is 1. The quantitative estimate of drug-likeness (QED) is 0.552. The van der Waals surface area contributed by atoms with Crippen LogP contribution >= 0.6 is 0 Å². The maximum Gasteiger partial charge on any atom is 0.259 e. The van der Waals surface area contributed by atoms with Gasteiger partial charge in [0.1, 0.15) is 11.6 Å². The molecule has 0 spiro atoms. The van der Waals surface area contributed by atoms with Gasteiger partial charge in [-0.15, -0.1) is 0 Å². The fourth-order valence-electron chi connectivity index (χ4n) is 4.07. The molecule has 172 valence electrons. The van der Waals surface area contributed by atoms with E-state index in [-0.39, 0.29) is 16.8 Å². The molecule has 1 aliphatic heterocycles. The monoisotopic (exact) mass is 466 g/mol. The zero-order valence-electron chi connectivity index (χ0n) is 18.4. The van der Waals surface area contributed by atoms with Crippen LogP contribution in [0.4, 0.5) is 11.5 Å². The van der Waals surface area contributed by atoms with Gasteiger partial charge in [-0.3, -0.25) is 4.79 Å². The molecule has 1 saturated heterocycles. The fraction of sp³-hybridized carbons (Fsp3) is 0.333. The number of amides is 1. The van der Waals surface area contributed by atoms with Gasteiger partial charge in [0.05, 0.1) is 28.8 Å². The number of hydrogen-bond acceptors (Lipinski definition) is 6. The number of methoxy groups -OCH3 is 1. The minimum Gasteiger partial charge on any atom is -0.495 e. The Balaban J connectivity index is 1.51. The Morgan fingerprint density at radius 2 is 1.85 bits per heavy atom. The van der Waals surface area contributed by atoms with Crippen LogP contribution in [0, 0.1) is 0 Å². The molecule has 33 heavy (non-hydrogen) atoms. The van der Waals surface area contributed by atoms with Gasteiger partial charge in [-0.25, -0.2) is 18.1 Å². The summed E-state index contributed by atoms with van der Waals surface area (Å²) in [5.74, 6) is 0.658. The molecule has 1 aromatic heterocycles. The average Bonchev–Trinajstić information content (AvgIpc) is 3.44. The van der Waals surface area contributed by atoms with Crippen LogP contribution in [-0.4, -0.2) is 45.6 Å². The van der Waals surface area contributed by atoms with Crippen LogP contribution < -0.4 is 19.7 Å². The Morgan fingerprint density at radius 3 is 2.58 bits per heavy atom. The predicted molar refractivity (Wildman–Crippen MR) is 127 cm³/mol. The van der Waals surface area contributed by atoms with Crippen molar-refractivity contribution in [1.82, 2.24) is 9.71 Å². The van der Waals surface area contributed by atoms with Gasteiger partial charge in [0.25, 0.3) is 5.91 Å². The van der Waals surface area contributed by atoms with Gasteiger partial charge in [0, 0.05) is 24.5 Å². The van der Waals surface area contributed by atoms with Crippen molar-refractivity contribution in [2.75, 3.05) is 30.4 Å². The predicted octanol–water partition coefficient (Wildman–Crippen LogP) is 3.54. The number of pyridine rings is 1. The molecule has 1 saturated carbocycles. The van der Waals surface area contributed by atoms with Gasteiger partial charge in [0.2, 0.25) is 10.0 Å². The lowest BCUT2D eigenvalue weighted by Gasteiger charge is -2.21. The Labute approximate surface area is 193 Å². The fourth-order valence-corrected chi connectivity index (χ4v) is 5.40. The Bertz CT molecular complexity index is 1320. The molecular formula is C24H26N4O4S. The lowest BCUT2D eigenvalue weighted by molar-refractivity contribution is 0.102. The average molecular weight is 467 g/mol. The number of benzene rings is 2. The Morgan fingerprint density at radius 1 is 1.09 bits per heavy atom. The zero-order valence-corrected chi connectivity index (χ0v) is 19.2. The van der Waals surface area contributed by atoms with Crippen LogP contribution in [0.2, 0.25) is 0 Å². The first kappa shape index (κ1) is 21.7. The summed E-state index contributed by atoms with van der Waals surface area (Å²) in [4.78, 5) is 20.4. The molecule has 9 heteroatoms. The lowest BCUT2D eigenvalue weighted by atomic mass is 10.1. The van der Waals surface area contributed by atoms with E-state index in [0.29, 0.717) is 22.8 Å². The normalized spacial score (nSPS) is 16.2. The van der Waals surface area contributed by atoms with E-state index in [1.165, 1.54) is 19.2 Å². The molecule has 1 aliphatic carbocycles. The summed E-state index contributed by atoms with van der Waals surface area (Å²) < 4.78 is 33.4. The minimum atomic E-state index is -3.67. The Hall–Kier alpha value is -3.17. The number of anilines is 2. The van der Waals surface area contributed by atoms with Crippen molar-refractivity contribution in [3.8, 4) is 5.75 Å². The Kier molecular flexibility index (Phi) is 5.67. The van der Waals surface area contributed by atoms with Crippen LogP contribution in [0.1, 0.15) is 36.0 Å². The summed E-state index contributed by atoms with van der Waals surface area (Å²) in [5.41, 5.74) is 1.57. The number of nitrogens with zero attached hydrogens (tertiary/aromatic N) is 2. The van der Waals surface area contributed by atoms with Crippen LogP contribution in [-0.2, 0) is 10.0 Å². The van der Waals surface area contributed by atoms with Crippen LogP contribution in [0.25, 0.3) is 10.9 Å². The summed E-state index contributed by atoms with van der Waals surface area (Å²) in [6.45, 7) is 1.69. The van der Waals surface area contributed by atoms with Crippen LogP contribution in [0.3, 0.4) is 0 Å². The second-order valence-corrected chi connectivity index (χ2v) is 10.2. The lowest BCUT2D eigenvalue weighted by Crippen LogP contribution is -2.26. The molecule has 0 bridgehead atoms. The third kappa shape index (κ3) is 4.51. The third-order valence-electron chi connectivity index (χ3n) is 5.98. The number of ether oxygens (including phenoxy) is 1. The molecule has 3 aromatic rings. The highest BCUT2D eigenvalue weighted by molar-refractivity contribution is 7.89. The molecule has 0 atom stereocenters. The second-order valence-electron chi connectivity index (χ2n) is 8.46. The maximum atomic E-state index is 13.5. The first-order valence-electron chi connectivity index (χ1n) is 11.1. The number of sulfonamides is 1. The van der Waals surface area contributed by atoms with E-state index in [2.05, 4.69) is 14.9 Å². The van der Waals surface area contributed by atoms with Gasteiger partial charge in [0.15, 0.2) is 0 Å². The van der Waals surface area contributed by atoms with Crippen LogP contribution in [0.5, 0.6) is 5.75 Å². The standard InChI is InChI=1S/C24H26N4O4S/c1-32-22-11-10-18(33(30,31)27-17-8-9-17)15-21(22)26-24(29)19-14-16-6-2-3-7-20(16)25-23(19)28-12-4-5-13-28/h2-3,6-7,10-11,14-15,17,27H,4-5,8-9,12-13H2,1H3,(H,26,29). The van der Waals surface area contributed by atoms with E-state index >= 15 is 0 Å². The van der Waals surface area contributed by atoms with Crippen molar-refractivity contribution < 1.29 is 17.9 Å². The summed E-state index contributed by atoms with van der Waals surface area (Å²) in [5, 5.41) is 3.73. The number of carbonyl (C=O) groups is 1. The highest BCUT2D eigenvalue weighted by Crippen LogP contribution is 2.32. The number of hydrogen-bond donors (Lipinski definition) is 2. The zero-order chi connectivity index (χ0) is 23.0. The van der Waals surface area contributed by atoms with Crippen molar-refractivity contribution in [1.29, 1.82) is 0 Å². The second kappa shape index (κ2) is 8.64. The first-order valence-corrected chi connectivity index (χ1v) is 12.6. The number of carbonyl (C=O) groups excluding carboxylic acids is 1. The smallest absolute Gasteiger partial charge is 0.259 e. The summed E-state index contributed by atoms with van der Waals surface area (Å²) in [7, 11) is -2.19. The summed E-state index contributed by atoms with van der Waals surface area (Å²) >= 11 is 0. The van der Waals surface area contributed by atoms with Gasteiger partial charge >= 0.3 is 0 Å². The highest BCUT2D eigenvalue weighted by Gasteiger charge is 2.29. The summed E-state index contributed by atoms with van der Waals surface area (Å²) in [6.07, 6.45) is 3.79. The van der Waals surface area contributed by atoms with E-state index < -0.39 is 10.0 Å². The topological polar surface area (TPSA) is 101 Å². The van der Waals surface area contributed by atoms with Crippen molar-refractivity contribution in [2.24, 2.45) is 0 Å². The van der Waals surface area contributed by atoms with Crippen LogP contribution in [0.15, 0.2) is 53.4 Å². The SMILES string of the molecule is COc1ccc(S(=O)(=O)NC2CC2)cc1NC(=O)c1cc2ccccc2nc1N1CCCC1. The molecule has 2 heterocycles. The maximum absolute atomic E-state index is 13.5. The largest absolute Gasteiger partial charge is 0.495 e. The van der Waals surface area contributed by atoms with Gasteiger partial charge in [-0.05, 0) is 56.0 Å². The van der Waals surface area contributed by atoms with Gasteiger partial charge in [-0.1, -0.05) is 18.2 Å². The molecule has 8 nitrogen and oxygen atoms in total. The highest BCUT2D eigenvalue weighted by atomic mass is 32.2.